The zero-order chi connectivity index (χ0) is 23.8. The van der Waals surface area contributed by atoms with Crippen LogP contribution in [0.25, 0.3) is 0 Å². The number of halogens is 3. The second-order valence-corrected chi connectivity index (χ2v) is 9.65. The maximum Gasteiger partial charge on any atom is 0.261 e. The van der Waals surface area contributed by atoms with E-state index in [1.54, 1.807) is 24.3 Å². The standard InChI is InChI=1S/C24H29BrCl2N2O3/c1-5-22(24(31)28-12-15(2)3)29(13-18-20(26)7-6-8-21(18)27)23(30)14-32-17-9-10-19(25)16(4)11-17/h6-11,15,22H,5,12-14H2,1-4H3,(H,28,31)/t22-/m0/s1. The predicted octanol–water partition coefficient (Wildman–Crippen LogP) is 6.02. The van der Waals surface area contributed by atoms with Crippen LogP contribution in [-0.2, 0) is 16.1 Å². The van der Waals surface area contributed by atoms with Gasteiger partial charge in [0.2, 0.25) is 5.91 Å². The van der Waals surface area contributed by atoms with Crippen molar-refractivity contribution in [2.45, 2.75) is 46.7 Å². The molecule has 32 heavy (non-hydrogen) atoms. The monoisotopic (exact) mass is 542 g/mol. The molecule has 0 bridgehead atoms. The lowest BCUT2D eigenvalue weighted by molar-refractivity contribution is -0.143. The van der Waals surface area contributed by atoms with Crippen LogP contribution in [0, 0.1) is 12.8 Å². The van der Waals surface area contributed by atoms with E-state index in [2.05, 4.69) is 21.2 Å². The molecule has 1 N–H and O–H groups in total. The Kier molecular flexibility index (Phi) is 10.3. The zero-order valence-corrected chi connectivity index (χ0v) is 21.9. The van der Waals surface area contributed by atoms with Crippen LogP contribution in [-0.4, -0.2) is 35.9 Å². The van der Waals surface area contributed by atoms with Gasteiger partial charge >= 0.3 is 0 Å². The van der Waals surface area contributed by atoms with Crippen molar-refractivity contribution in [2.75, 3.05) is 13.2 Å². The van der Waals surface area contributed by atoms with Gasteiger partial charge in [0.15, 0.2) is 6.61 Å². The predicted molar refractivity (Wildman–Crippen MR) is 133 cm³/mol. The number of amides is 2. The van der Waals surface area contributed by atoms with Crippen molar-refractivity contribution in [3.8, 4) is 5.75 Å². The first-order chi connectivity index (χ1) is 15.1. The number of hydrogen-bond donors (Lipinski definition) is 1. The number of carbonyl (C=O) groups excluding carboxylic acids is 2. The molecule has 174 valence electrons. The van der Waals surface area contributed by atoms with E-state index in [9.17, 15) is 9.59 Å². The lowest BCUT2D eigenvalue weighted by atomic mass is 10.1. The Bertz CT molecular complexity index is 933. The first kappa shape index (κ1) is 26.5. The molecule has 0 aliphatic heterocycles. The second-order valence-electron chi connectivity index (χ2n) is 7.98. The Morgan fingerprint density at radius 3 is 2.38 bits per heavy atom. The summed E-state index contributed by atoms with van der Waals surface area (Å²) in [5, 5.41) is 3.81. The number of nitrogens with one attached hydrogen (secondary N) is 1. The molecule has 0 unspecified atom stereocenters. The summed E-state index contributed by atoms with van der Waals surface area (Å²) < 4.78 is 6.70. The van der Waals surface area contributed by atoms with Gasteiger partial charge < -0.3 is 15.0 Å². The van der Waals surface area contributed by atoms with Crippen molar-refractivity contribution in [3.05, 3.63) is 62.0 Å². The topological polar surface area (TPSA) is 58.6 Å². The van der Waals surface area contributed by atoms with Crippen LogP contribution in [0.4, 0.5) is 0 Å². The lowest BCUT2D eigenvalue weighted by Gasteiger charge is -2.31. The Labute approximate surface area is 208 Å². The average molecular weight is 544 g/mol. The summed E-state index contributed by atoms with van der Waals surface area (Å²) in [7, 11) is 0. The van der Waals surface area contributed by atoms with E-state index >= 15 is 0 Å². The summed E-state index contributed by atoms with van der Waals surface area (Å²) in [5.74, 6) is 0.333. The molecule has 2 aromatic rings. The molecule has 0 radical (unpaired) electrons. The Morgan fingerprint density at radius 2 is 1.81 bits per heavy atom. The van der Waals surface area contributed by atoms with E-state index in [-0.39, 0.29) is 25.0 Å². The fourth-order valence-electron chi connectivity index (χ4n) is 3.13. The van der Waals surface area contributed by atoms with Crippen LogP contribution < -0.4 is 10.1 Å². The molecular formula is C24H29BrCl2N2O3. The lowest BCUT2D eigenvalue weighted by Crippen LogP contribution is -2.50. The number of carbonyl (C=O) groups is 2. The van der Waals surface area contributed by atoms with Crippen LogP contribution in [0.1, 0.15) is 38.3 Å². The summed E-state index contributed by atoms with van der Waals surface area (Å²) >= 11 is 16.2. The minimum Gasteiger partial charge on any atom is -0.484 e. The molecule has 8 heteroatoms. The van der Waals surface area contributed by atoms with E-state index in [4.69, 9.17) is 27.9 Å². The van der Waals surface area contributed by atoms with Gasteiger partial charge in [0.25, 0.3) is 5.91 Å². The van der Waals surface area contributed by atoms with Crippen molar-refractivity contribution in [2.24, 2.45) is 5.92 Å². The number of ether oxygens (including phenoxy) is 1. The van der Waals surface area contributed by atoms with Crippen LogP contribution >= 0.6 is 39.1 Å². The quantitative estimate of drug-likeness (QED) is 0.398. The number of rotatable bonds is 10. The normalized spacial score (nSPS) is 11.9. The van der Waals surface area contributed by atoms with Gasteiger partial charge in [0.05, 0.1) is 0 Å². The molecule has 1 atom stereocenters. The molecule has 0 fully saturated rings. The van der Waals surface area contributed by atoms with Crippen LogP contribution in [0.3, 0.4) is 0 Å². The highest BCUT2D eigenvalue weighted by Gasteiger charge is 2.30. The first-order valence-corrected chi connectivity index (χ1v) is 12.1. The van der Waals surface area contributed by atoms with Crippen molar-refractivity contribution in [3.63, 3.8) is 0 Å². The fraction of sp³-hybridized carbons (Fsp3) is 0.417. The largest absolute Gasteiger partial charge is 0.484 e. The molecule has 2 amide bonds. The molecule has 5 nitrogen and oxygen atoms in total. The highest BCUT2D eigenvalue weighted by atomic mass is 79.9. The number of hydrogen-bond acceptors (Lipinski definition) is 3. The molecule has 0 heterocycles. The Balaban J connectivity index is 2.27. The Hall–Kier alpha value is -1.76. The third-order valence-electron chi connectivity index (χ3n) is 4.95. The third kappa shape index (κ3) is 7.39. The molecule has 2 rings (SSSR count). The molecule has 0 spiro atoms. The SMILES string of the molecule is CC[C@@H](C(=O)NCC(C)C)N(Cc1c(Cl)cccc1Cl)C(=O)COc1ccc(Br)c(C)c1. The van der Waals surface area contributed by atoms with Gasteiger partial charge in [-0.1, -0.05) is 66.0 Å². The third-order valence-corrected chi connectivity index (χ3v) is 6.55. The first-order valence-electron chi connectivity index (χ1n) is 10.5. The van der Waals surface area contributed by atoms with Gasteiger partial charge in [-0.2, -0.15) is 0 Å². The van der Waals surface area contributed by atoms with E-state index in [0.717, 1.165) is 10.0 Å². The van der Waals surface area contributed by atoms with Gasteiger partial charge in [-0.05, 0) is 55.2 Å². The molecule has 0 saturated carbocycles. The second kappa shape index (κ2) is 12.5. The zero-order valence-electron chi connectivity index (χ0n) is 18.8. The molecule has 0 aliphatic rings. The maximum atomic E-state index is 13.3. The van der Waals surface area contributed by atoms with E-state index in [1.807, 2.05) is 39.8 Å². The number of nitrogens with zero attached hydrogens (tertiary/aromatic N) is 1. The number of benzene rings is 2. The van der Waals surface area contributed by atoms with Crippen molar-refractivity contribution in [1.82, 2.24) is 10.2 Å². The highest BCUT2D eigenvalue weighted by Crippen LogP contribution is 2.27. The molecule has 0 saturated heterocycles. The highest BCUT2D eigenvalue weighted by molar-refractivity contribution is 9.10. The maximum absolute atomic E-state index is 13.3. The summed E-state index contributed by atoms with van der Waals surface area (Å²) in [5.41, 5.74) is 1.59. The van der Waals surface area contributed by atoms with E-state index < -0.39 is 6.04 Å². The van der Waals surface area contributed by atoms with Crippen LogP contribution in [0.2, 0.25) is 10.0 Å². The average Bonchev–Trinajstić information content (AvgIpc) is 2.74. The van der Waals surface area contributed by atoms with Crippen molar-refractivity contribution in [1.29, 1.82) is 0 Å². The van der Waals surface area contributed by atoms with Gasteiger partial charge in [-0.15, -0.1) is 0 Å². The minimum atomic E-state index is -0.677. The summed E-state index contributed by atoms with van der Waals surface area (Å²) in [4.78, 5) is 27.7. The van der Waals surface area contributed by atoms with Crippen molar-refractivity contribution >= 4 is 50.9 Å². The van der Waals surface area contributed by atoms with Crippen molar-refractivity contribution < 1.29 is 14.3 Å². The molecule has 2 aromatic carbocycles. The van der Waals surface area contributed by atoms with Crippen LogP contribution in [0.5, 0.6) is 5.75 Å². The molecule has 0 aliphatic carbocycles. The summed E-state index contributed by atoms with van der Waals surface area (Å²) in [6.45, 7) is 8.26. The van der Waals surface area contributed by atoms with Gasteiger partial charge in [0.1, 0.15) is 11.8 Å². The van der Waals surface area contributed by atoms with Gasteiger partial charge in [-0.25, -0.2) is 0 Å². The smallest absolute Gasteiger partial charge is 0.261 e. The number of aryl methyl sites for hydroxylation is 1. The van der Waals surface area contributed by atoms with Crippen LogP contribution in [0.15, 0.2) is 40.9 Å². The summed E-state index contributed by atoms with van der Waals surface area (Å²) in [6.07, 6.45) is 0.440. The fourth-order valence-corrected chi connectivity index (χ4v) is 3.89. The van der Waals surface area contributed by atoms with E-state index in [0.29, 0.717) is 40.2 Å². The molecular weight excluding hydrogens is 515 g/mol. The summed E-state index contributed by atoms with van der Waals surface area (Å²) in [6, 6.07) is 9.99. The molecule has 0 aromatic heterocycles. The minimum absolute atomic E-state index is 0.105. The van der Waals surface area contributed by atoms with E-state index in [1.165, 1.54) is 4.90 Å². The Morgan fingerprint density at radius 1 is 1.16 bits per heavy atom. The van der Waals surface area contributed by atoms with Gasteiger partial charge in [-0.3, -0.25) is 9.59 Å². The van der Waals surface area contributed by atoms with Gasteiger partial charge in [0, 0.05) is 33.2 Å².